The number of benzene rings is 1. The fourth-order valence-electron chi connectivity index (χ4n) is 2.50. The molecule has 1 rings (SSSR count). The third-order valence-electron chi connectivity index (χ3n) is 3.23. The molecule has 0 fully saturated rings. The van der Waals surface area contributed by atoms with Gasteiger partial charge in [0.15, 0.2) is 0 Å². The van der Waals surface area contributed by atoms with Crippen LogP contribution < -0.4 is 5.32 Å². The molecule has 0 bridgehead atoms. The van der Waals surface area contributed by atoms with Gasteiger partial charge in [0.1, 0.15) is 5.75 Å². The van der Waals surface area contributed by atoms with Gasteiger partial charge in [-0.25, -0.2) is 0 Å². The molecule has 1 aromatic rings. The van der Waals surface area contributed by atoms with E-state index in [-0.39, 0.29) is 6.04 Å². The van der Waals surface area contributed by atoms with Gasteiger partial charge in [0.25, 0.3) is 0 Å². The van der Waals surface area contributed by atoms with Crippen LogP contribution in [-0.2, 0) is 0 Å². The number of para-hydroxylation sites is 1. The number of nitrogens with zero attached hydrogens (tertiary/aromatic N) is 1. The molecule has 0 heterocycles. The molecule has 2 atom stereocenters. The standard InChI is InChI=1S/C16H28N2O/c1-12(2)10-14(11-18(4)5)17-13(3)15-8-6-7-9-16(15)19/h6-9,12-14,17,19H,10-11H2,1-5H3. The fraction of sp³-hybridized carbons (Fsp3) is 0.625. The third kappa shape index (κ3) is 5.62. The van der Waals surface area contributed by atoms with Gasteiger partial charge >= 0.3 is 0 Å². The monoisotopic (exact) mass is 264 g/mol. The molecule has 0 spiro atoms. The van der Waals surface area contributed by atoms with Crippen LogP contribution in [0.5, 0.6) is 5.75 Å². The molecule has 0 saturated heterocycles. The first-order valence-corrected chi connectivity index (χ1v) is 7.08. The lowest BCUT2D eigenvalue weighted by atomic mass is 10.0. The van der Waals surface area contributed by atoms with Gasteiger partial charge in [-0.05, 0) is 39.4 Å². The van der Waals surface area contributed by atoms with Crippen molar-refractivity contribution < 1.29 is 5.11 Å². The second-order valence-electron chi connectivity index (χ2n) is 6.04. The summed E-state index contributed by atoms with van der Waals surface area (Å²) >= 11 is 0. The van der Waals surface area contributed by atoms with Crippen LogP contribution in [0, 0.1) is 5.92 Å². The van der Waals surface area contributed by atoms with E-state index in [0.717, 1.165) is 18.5 Å². The van der Waals surface area contributed by atoms with E-state index in [1.54, 1.807) is 6.07 Å². The molecular weight excluding hydrogens is 236 g/mol. The van der Waals surface area contributed by atoms with Crippen molar-refractivity contribution in [2.45, 2.75) is 39.3 Å². The van der Waals surface area contributed by atoms with Crippen LogP contribution in [0.1, 0.15) is 38.8 Å². The Bertz CT molecular complexity index is 367. The van der Waals surface area contributed by atoms with Crippen LogP contribution in [0.4, 0.5) is 0 Å². The van der Waals surface area contributed by atoms with Crippen molar-refractivity contribution in [1.29, 1.82) is 0 Å². The highest BCUT2D eigenvalue weighted by Gasteiger charge is 2.17. The fourth-order valence-corrected chi connectivity index (χ4v) is 2.50. The predicted octanol–water partition coefficient (Wildman–Crippen LogP) is 3.02. The Balaban J connectivity index is 2.70. The van der Waals surface area contributed by atoms with Crippen LogP contribution in [-0.4, -0.2) is 36.7 Å². The molecule has 0 amide bonds. The van der Waals surface area contributed by atoms with Crippen molar-refractivity contribution in [3.8, 4) is 5.75 Å². The van der Waals surface area contributed by atoms with E-state index < -0.39 is 0 Å². The third-order valence-corrected chi connectivity index (χ3v) is 3.23. The summed E-state index contributed by atoms with van der Waals surface area (Å²) in [5.41, 5.74) is 0.968. The van der Waals surface area contributed by atoms with Gasteiger partial charge in [-0.3, -0.25) is 0 Å². The lowest BCUT2D eigenvalue weighted by Gasteiger charge is -2.28. The molecule has 108 valence electrons. The minimum absolute atomic E-state index is 0.157. The van der Waals surface area contributed by atoms with Gasteiger partial charge in [-0.2, -0.15) is 0 Å². The lowest BCUT2D eigenvalue weighted by Crippen LogP contribution is -2.40. The molecule has 0 saturated carbocycles. The van der Waals surface area contributed by atoms with Crippen molar-refractivity contribution in [2.24, 2.45) is 5.92 Å². The predicted molar refractivity (Wildman–Crippen MR) is 81.5 cm³/mol. The average molecular weight is 264 g/mol. The second-order valence-corrected chi connectivity index (χ2v) is 6.04. The zero-order valence-electron chi connectivity index (χ0n) is 12.9. The smallest absolute Gasteiger partial charge is 0.120 e. The van der Waals surface area contributed by atoms with Crippen LogP contribution in [0.2, 0.25) is 0 Å². The van der Waals surface area contributed by atoms with Crippen molar-refractivity contribution >= 4 is 0 Å². The van der Waals surface area contributed by atoms with Crippen molar-refractivity contribution in [3.05, 3.63) is 29.8 Å². The van der Waals surface area contributed by atoms with E-state index >= 15 is 0 Å². The molecule has 1 aromatic carbocycles. The second kappa shape index (κ2) is 7.51. The highest BCUT2D eigenvalue weighted by Crippen LogP contribution is 2.24. The van der Waals surface area contributed by atoms with E-state index in [4.69, 9.17) is 0 Å². The number of hydrogen-bond donors (Lipinski definition) is 2. The summed E-state index contributed by atoms with van der Waals surface area (Å²) in [6.45, 7) is 7.61. The topological polar surface area (TPSA) is 35.5 Å². The summed E-state index contributed by atoms with van der Waals surface area (Å²) in [7, 11) is 4.19. The highest BCUT2D eigenvalue weighted by atomic mass is 16.3. The maximum Gasteiger partial charge on any atom is 0.120 e. The average Bonchev–Trinajstić information content (AvgIpc) is 2.27. The van der Waals surface area contributed by atoms with Crippen LogP contribution in [0.3, 0.4) is 0 Å². The number of hydrogen-bond acceptors (Lipinski definition) is 3. The van der Waals surface area contributed by atoms with Gasteiger partial charge in [0.2, 0.25) is 0 Å². The van der Waals surface area contributed by atoms with Gasteiger partial charge in [0.05, 0.1) is 0 Å². The van der Waals surface area contributed by atoms with Gasteiger partial charge in [-0.15, -0.1) is 0 Å². The van der Waals surface area contributed by atoms with Gasteiger partial charge in [-0.1, -0.05) is 32.0 Å². The van der Waals surface area contributed by atoms with E-state index in [1.807, 2.05) is 18.2 Å². The molecule has 19 heavy (non-hydrogen) atoms. The molecule has 3 heteroatoms. The Hall–Kier alpha value is -1.06. The van der Waals surface area contributed by atoms with Crippen LogP contribution in [0.15, 0.2) is 24.3 Å². The Kier molecular flexibility index (Phi) is 6.32. The van der Waals surface area contributed by atoms with Gasteiger partial charge < -0.3 is 15.3 Å². The molecule has 2 unspecified atom stereocenters. The normalized spacial score (nSPS) is 14.9. The Morgan fingerprint density at radius 3 is 2.32 bits per heavy atom. The Morgan fingerprint density at radius 2 is 1.79 bits per heavy atom. The SMILES string of the molecule is CC(C)CC(CN(C)C)NC(C)c1ccccc1O. The first-order valence-electron chi connectivity index (χ1n) is 7.08. The molecule has 0 aliphatic carbocycles. The number of rotatable bonds is 7. The van der Waals surface area contributed by atoms with Crippen LogP contribution >= 0.6 is 0 Å². The minimum Gasteiger partial charge on any atom is -0.508 e. The molecule has 2 N–H and O–H groups in total. The highest BCUT2D eigenvalue weighted by molar-refractivity contribution is 5.34. The van der Waals surface area contributed by atoms with E-state index in [1.165, 1.54) is 0 Å². The summed E-state index contributed by atoms with van der Waals surface area (Å²) in [4.78, 5) is 2.21. The zero-order valence-corrected chi connectivity index (χ0v) is 12.9. The Labute approximate surface area is 117 Å². The molecule has 0 radical (unpaired) electrons. The quantitative estimate of drug-likeness (QED) is 0.794. The molecule has 3 nitrogen and oxygen atoms in total. The molecule has 0 aliphatic rings. The summed E-state index contributed by atoms with van der Waals surface area (Å²) in [5, 5.41) is 13.5. The molecule has 0 aromatic heterocycles. The maximum absolute atomic E-state index is 9.91. The largest absolute Gasteiger partial charge is 0.508 e. The zero-order chi connectivity index (χ0) is 14.4. The molecular formula is C16H28N2O. The Morgan fingerprint density at radius 1 is 1.16 bits per heavy atom. The molecule has 0 aliphatic heterocycles. The van der Waals surface area contributed by atoms with E-state index in [0.29, 0.717) is 17.7 Å². The first kappa shape index (κ1) is 16.0. The first-order chi connectivity index (χ1) is 8.90. The minimum atomic E-state index is 0.157. The number of phenols is 1. The van der Waals surface area contributed by atoms with E-state index in [2.05, 4.69) is 45.1 Å². The number of likely N-dealkylation sites (N-methyl/N-ethyl adjacent to an activating group) is 1. The van der Waals surface area contributed by atoms with Crippen LogP contribution in [0.25, 0.3) is 0 Å². The number of aromatic hydroxyl groups is 1. The summed E-state index contributed by atoms with van der Waals surface area (Å²) in [6.07, 6.45) is 1.14. The summed E-state index contributed by atoms with van der Waals surface area (Å²) in [5.74, 6) is 1.03. The van der Waals surface area contributed by atoms with Crippen molar-refractivity contribution in [1.82, 2.24) is 10.2 Å². The van der Waals surface area contributed by atoms with Crippen molar-refractivity contribution in [3.63, 3.8) is 0 Å². The maximum atomic E-state index is 9.91. The van der Waals surface area contributed by atoms with Crippen molar-refractivity contribution in [2.75, 3.05) is 20.6 Å². The lowest BCUT2D eigenvalue weighted by molar-refractivity contribution is 0.289. The number of nitrogens with one attached hydrogen (secondary N) is 1. The summed E-state index contributed by atoms with van der Waals surface area (Å²) in [6, 6.07) is 8.15. The van der Waals surface area contributed by atoms with E-state index in [9.17, 15) is 5.11 Å². The van der Waals surface area contributed by atoms with Gasteiger partial charge in [0, 0.05) is 24.2 Å². The summed E-state index contributed by atoms with van der Waals surface area (Å²) < 4.78 is 0. The number of phenolic OH excluding ortho intramolecular Hbond substituents is 1.